The molecule has 0 aliphatic heterocycles. The van der Waals surface area contributed by atoms with Crippen LogP contribution in [0.25, 0.3) is 154 Å². The van der Waals surface area contributed by atoms with Gasteiger partial charge < -0.3 is 22.8 Å². The van der Waals surface area contributed by atoms with E-state index in [1.54, 1.807) is 0 Å². The smallest absolute Gasteiger partial charge is 0.0645 e. The highest BCUT2D eigenvalue weighted by atomic mass is 15.0. The first-order valence-electron chi connectivity index (χ1n) is 43.2. The van der Waals surface area contributed by atoms with E-state index in [9.17, 15) is 0 Å². The van der Waals surface area contributed by atoms with Gasteiger partial charge in [0.05, 0.1) is 37.0 Å². The topological polar surface area (TPSA) is 24.6 Å². The second kappa shape index (κ2) is 24.8. The summed E-state index contributed by atoms with van der Waals surface area (Å²) in [6.45, 7) is 4.71. The third-order valence-electron chi connectivity index (χ3n) is 19.0. The van der Waals surface area contributed by atoms with Gasteiger partial charge in [0.15, 0.2) is 0 Å². The fourth-order valence-corrected chi connectivity index (χ4v) is 14.3. The van der Waals surface area contributed by atoms with E-state index in [0.29, 0.717) is 16.7 Å². The summed E-state index contributed by atoms with van der Waals surface area (Å²) in [5.74, 6) is 0. The summed E-state index contributed by atoms with van der Waals surface area (Å²) in [6.07, 6.45) is 0. The van der Waals surface area contributed by atoms with E-state index in [0.717, 1.165) is 65.4 Å². The number of nitrogens with zero attached hydrogens (tertiary/aromatic N) is 5. The van der Waals surface area contributed by atoms with Crippen LogP contribution in [0.15, 0.2) is 327 Å². The van der Waals surface area contributed by atoms with Crippen LogP contribution in [0, 0.1) is 0 Å². The maximum atomic E-state index is 8.28. The second-order valence-corrected chi connectivity index (χ2v) is 24.5. The van der Waals surface area contributed by atoms with Gasteiger partial charge in [-0.1, -0.05) is 280 Å². The summed E-state index contributed by atoms with van der Waals surface area (Å²) in [5.41, 5.74) is 17.6. The molecule has 1 aliphatic rings. The molecule has 97 heavy (non-hydrogen) atoms. The van der Waals surface area contributed by atoms with Gasteiger partial charge in [-0.25, -0.2) is 0 Å². The molecule has 0 saturated heterocycles. The van der Waals surface area contributed by atoms with E-state index >= 15 is 0 Å². The van der Waals surface area contributed by atoms with Gasteiger partial charge in [0.25, 0.3) is 0 Å². The van der Waals surface area contributed by atoms with Crippen molar-refractivity contribution < 1.29 is 31.5 Å². The van der Waals surface area contributed by atoms with Crippen molar-refractivity contribution in [3.63, 3.8) is 0 Å². The van der Waals surface area contributed by atoms with Crippen molar-refractivity contribution in [1.29, 1.82) is 0 Å². The van der Waals surface area contributed by atoms with Gasteiger partial charge in [-0.3, -0.25) is 0 Å². The SMILES string of the molecule is Cn1c2ccccc2c2ccc3c(c21)C(C)(C)c1ccccc1-3.[2H]c1c([2H])c([2H])c(-c2ccc3c(c2)c2ccccc2n3C)c([2H])c1[2H].[2H]c1c([2H])c([2H])c(-c2ccc3c4ccccc4n(C)c3c2)c([2H])c1[2H].[2H]c1c([2H])c([2H])c(-c2cccc3c2c2ccccc2n3C)c([2H])c1[2H].[2H]c1c([2H])c([2H])c2c(c1[2H])c1c([2H])c([2H])c([2H])c([2H])c1n2C. The summed E-state index contributed by atoms with van der Waals surface area (Å²) in [7, 11) is 9.66. The zero-order valence-corrected chi connectivity index (χ0v) is 54.1. The quantitative estimate of drug-likeness (QED) is 0.168. The molecule has 19 aromatic rings. The highest BCUT2D eigenvalue weighted by Crippen LogP contribution is 2.52. The van der Waals surface area contributed by atoms with E-state index < -0.39 is 24.2 Å². The van der Waals surface area contributed by atoms with E-state index in [2.05, 4.69) is 106 Å². The Hall–Kier alpha value is -11.9. The fraction of sp³-hybridized carbons (Fsp3) is 0.0870. The lowest BCUT2D eigenvalue weighted by Crippen LogP contribution is -2.16. The molecule has 5 heteroatoms. The minimum atomic E-state index is -0.419. The number of rotatable bonds is 3. The zero-order chi connectivity index (χ0) is 85.9. The van der Waals surface area contributed by atoms with E-state index in [4.69, 9.17) is 31.5 Å². The van der Waals surface area contributed by atoms with Crippen molar-refractivity contribution in [2.24, 2.45) is 35.2 Å². The molecule has 5 heterocycles. The third-order valence-corrected chi connectivity index (χ3v) is 19.0. The summed E-state index contributed by atoms with van der Waals surface area (Å²) < 4.78 is 193. The standard InChI is InChI=1S/C22H19N.3C19H15N.C13H11N/c1-22(2)18-10-6-4-8-14(18)16-12-13-17-15-9-5-7-11-19(15)23(3)21(17)20(16)22;1-20-17-12-6-5-10-16(17)19-15(11-7-13-18(19)20)14-8-3-2-4-9-14;1-20-18-10-6-5-9-16(18)17-13-15(11-12-19(17)20)14-7-3-2-4-8-14;1-20-18-10-6-5-9-16(18)17-12-11-15(13-19(17)20)14-7-3-2-4-8-14;1-14-12-8-4-2-6-10(12)11-7-3-5-9-13(11)14/h4-13H,1-3H3;3*2-13H,1H3;2-9H,1H3/i;2D,3D,4D,8D,9D;2*2D,3D,4D,7D,8D;2D,3D,4D,5D,6D,7D,8D,9D. The van der Waals surface area contributed by atoms with Crippen LogP contribution in [0.1, 0.15) is 56.5 Å². The molecule has 14 aromatic carbocycles. The van der Waals surface area contributed by atoms with Crippen molar-refractivity contribution in [3.05, 3.63) is 338 Å². The highest BCUT2D eigenvalue weighted by Gasteiger charge is 2.38. The van der Waals surface area contributed by atoms with E-state index in [-0.39, 0.29) is 159 Å². The average Bonchev–Trinajstić information content (AvgIpc) is 1.56. The molecular weight excluding hydrogens is 1180 g/mol. The zero-order valence-electron chi connectivity index (χ0n) is 77.1. The highest BCUT2D eigenvalue weighted by molar-refractivity contribution is 6.16. The number of aryl methyl sites for hydroxylation is 5. The molecule has 0 bridgehead atoms. The van der Waals surface area contributed by atoms with Crippen molar-refractivity contribution in [2.45, 2.75) is 19.3 Å². The Balaban J connectivity index is 0.000000112. The molecule has 0 unspecified atom stereocenters. The molecule has 5 aromatic heterocycles. The van der Waals surface area contributed by atoms with Crippen LogP contribution in [0.3, 0.4) is 0 Å². The van der Waals surface area contributed by atoms with Crippen LogP contribution >= 0.6 is 0 Å². The predicted molar refractivity (Wildman–Crippen MR) is 416 cm³/mol. The fourth-order valence-electron chi connectivity index (χ4n) is 14.3. The summed E-state index contributed by atoms with van der Waals surface area (Å²) in [5, 5.41) is 9.15. The first-order chi connectivity index (χ1) is 57.1. The average molecular weight is 1270 g/mol. The first kappa shape index (κ1) is 39.7. The number of hydrogen-bond donors (Lipinski definition) is 0. The Morgan fingerprint density at radius 2 is 0.649 bits per heavy atom. The maximum absolute atomic E-state index is 8.28. The largest absolute Gasteiger partial charge is 0.344 e. The molecule has 0 fully saturated rings. The first-order valence-corrected chi connectivity index (χ1v) is 31.7. The lowest BCUT2D eigenvalue weighted by molar-refractivity contribution is 0.662. The van der Waals surface area contributed by atoms with Crippen LogP contribution < -0.4 is 0 Å². The minimum absolute atomic E-state index is 0.0353. The van der Waals surface area contributed by atoms with Gasteiger partial charge in [-0.2, -0.15) is 0 Å². The summed E-state index contributed by atoms with van der Waals surface area (Å²) in [6, 6.07) is 56.4. The Labute approximate surface area is 598 Å². The van der Waals surface area contributed by atoms with Gasteiger partial charge in [-0.15, -0.1) is 0 Å². The van der Waals surface area contributed by atoms with Gasteiger partial charge >= 0.3 is 0 Å². The van der Waals surface area contributed by atoms with Crippen LogP contribution in [-0.2, 0) is 40.7 Å². The Kier molecular flexibility index (Phi) is 10.1. The Morgan fingerprint density at radius 1 is 0.247 bits per heavy atom. The normalized spacial score (nSPS) is 15.5. The van der Waals surface area contributed by atoms with E-state index in [1.165, 1.54) is 55.7 Å². The van der Waals surface area contributed by atoms with Crippen molar-refractivity contribution in [2.75, 3.05) is 0 Å². The van der Waals surface area contributed by atoms with Crippen molar-refractivity contribution in [3.8, 4) is 44.5 Å². The lowest BCUT2D eigenvalue weighted by atomic mass is 9.81. The number of benzene rings is 14. The van der Waals surface area contributed by atoms with E-state index in [1.807, 2.05) is 142 Å². The van der Waals surface area contributed by atoms with Gasteiger partial charge in [0, 0.05) is 144 Å². The van der Waals surface area contributed by atoms with Crippen LogP contribution in [-0.4, -0.2) is 22.8 Å². The summed E-state index contributed by atoms with van der Waals surface area (Å²) >= 11 is 0. The molecule has 0 spiro atoms. The number of para-hydroxylation sites is 6. The van der Waals surface area contributed by atoms with Crippen LogP contribution in [0.5, 0.6) is 0 Å². The monoisotopic (exact) mass is 1270 g/mol. The van der Waals surface area contributed by atoms with Crippen molar-refractivity contribution in [1.82, 2.24) is 22.8 Å². The number of aromatic nitrogens is 5. The van der Waals surface area contributed by atoms with Crippen LogP contribution in [0.2, 0.25) is 0 Å². The Bertz CT molecular complexity index is 7460. The molecule has 0 amide bonds. The molecule has 0 atom stereocenters. The lowest BCUT2D eigenvalue weighted by Gasteiger charge is -2.23. The minimum Gasteiger partial charge on any atom is -0.344 e. The molecule has 0 N–H and O–H groups in total. The summed E-state index contributed by atoms with van der Waals surface area (Å²) in [4.78, 5) is 0. The molecule has 5 nitrogen and oxygen atoms in total. The van der Waals surface area contributed by atoms with Gasteiger partial charge in [-0.05, 0) is 116 Å². The number of fused-ring (bicyclic) bond motifs is 19. The van der Waals surface area contributed by atoms with Gasteiger partial charge in [0.1, 0.15) is 0 Å². The molecular formula is C92H75N5. The molecule has 1 aliphatic carbocycles. The number of hydrogen-bond acceptors (Lipinski definition) is 0. The second-order valence-electron chi connectivity index (χ2n) is 24.5. The third kappa shape index (κ3) is 10.3. The molecule has 0 saturated carbocycles. The Morgan fingerprint density at radius 3 is 1.27 bits per heavy atom. The van der Waals surface area contributed by atoms with Crippen LogP contribution in [0.4, 0.5) is 0 Å². The maximum Gasteiger partial charge on any atom is 0.0645 e. The van der Waals surface area contributed by atoms with Gasteiger partial charge in [0.2, 0.25) is 0 Å². The predicted octanol–water partition coefficient (Wildman–Crippen LogP) is 24.0. The molecule has 468 valence electrons. The molecule has 20 rings (SSSR count). The van der Waals surface area contributed by atoms with Crippen molar-refractivity contribution >= 4 is 109 Å². The molecule has 0 radical (unpaired) electrons.